The van der Waals surface area contributed by atoms with Crippen molar-refractivity contribution >= 4 is 23.2 Å². The fourth-order valence-electron chi connectivity index (χ4n) is 4.54. The number of halogens is 2. The van der Waals surface area contributed by atoms with E-state index < -0.39 is 0 Å². The number of hydrogen-bond donors (Lipinski definition) is 0. The van der Waals surface area contributed by atoms with Crippen LogP contribution in [0.2, 0.25) is 10.0 Å². The highest BCUT2D eigenvalue weighted by atomic mass is 35.5. The molecule has 0 aliphatic heterocycles. The molecule has 1 atom stereocenters. The molecule has 29 heavy (non-hydrogen) atoms. The van der Waals surface area contributed by atoms with E-state index in [2.05, 4.69) is 30.3 Å². The van der Waals surface area contributed by atoms with E-state index in [0.717, 1.165) is 30.9 Å². The third-order valence-electron chi connectivity index (χ3n) is 6.45. The first-order valence-corrected chi connectivity index (χ1v) is 11.6. The summed E-state index contributed by atoms with van der Waals surface area (Å²) in [5, 5.41) is 1.35. The number of aromatic nitrogens is 2. The first-order chi connectivity index (χ1) is 13.8. The number of ether oxygens (including phenoxy) is 1. The average Bonchev–Trinajstić information content (AvgIpc) is 3.18. The van der Waals surface area contributed by atoms with Gasteiger partial charge in [-0.3, -0.25) is 0 Å². The van der Waals surface area contributed by atoms with E-state index in [1.54, 1.807) is 6.07 Å². The zero-order valence-electron chi connectivity index (χ0n) is 17.9. The van der Waals surface area contributed by atoms with Crippen LogP contribution in [-0.2, 0) is 17.9 Å². The molecule has 3 nitrogen and oxygen atoms in total. The summed E-state index contributed by atoms with van der Waals surface area (Å²) in [6.07, 6.45) is 13.3. The molecule has 1 aromatic heterocycles. The molecular weight excluding hydrogens is 403 g/mol. The quantitative estimate of drug-likeness (QED) is 0.430. The van der Waals surface area contributed by atoms with Crippen LogP contribution in [0.5, 0.6) is 0 Å². The Morgan fingerprint density at radius 2 is 1.93 bits per heavy atom. The molecule has 160 valence electrons. The Morgan fingerprint density at radius 1 is 1.17 bits per heavy atom. The molecule has 0 amide bonds. The van der Waals surface area contributed by atoms with Gasteiger partial charge in [-0.1, -0.05) is 50.0 Å². The maximum absolute atomic E-state index is 6.48. The minimum Gasteiger partial charge on any atom is -0.373 e. The van der Waals surface area contributed by atoms with Gasteiger partial charge in [-0.25, -0.2) is 4.98 Å². The zero-order chi connectivity index (χ0) is 20.9. The molecule has 1 unspecified atom stereocenters. The lowest BCUT2D eigenvalue weighted by Gasteiger charge is -2.39. The van der Waals surface area contributed by atoms with Crippen molar-refractivity contribution in [2.75, 3.05) is 0 Å². The Bertz CT molecular complexity index is 747. The van der Waals surface area contributed by atoms with Crippen LogP contribution in [0, 0.1) is 17.3 Å². The van der Waals surface area contributed by atoms with Crippen LogP contribution < -0.4 is 0 Å². The van der Waals surface area contributed by atoms with Gasteiger partial charge in [-0.05, 0) is 73.5 Å². The summed E-state index contributed by atoms with van der Waals surface area (Å²) < 4.78 is 8.62. The minimum absolute atomic E-state index is 0.270. The summed E-state index contributed by atoms with van der Waals surface area (Å²) in [7, 11) is 0. The van der Waals surface area contributed by atoms with Crippen molar-refractivity contribution in [2.45, 2.75) is 78.6 Å². The second-order valence-corrected chi connectivity index (χ2v) is 10.3. The lowest BCUT2D eigenvalue weighted by atomic mass is 9.68. The first-order valence-electron chi connectivity index (χ1n) is 10.8. The molecule has 1 aliphatic carbocycles. The molecule has 0 saturated heterocycles. The van der Waals surface area contributed by atoms with Gasteiger partial charge in [0.15, 0.2) is 0 Å². The molecule has 0 spiro atoms. The van der Waals surface area contributed by atoms with E-state index in [1.165, 1.54) is 25.7 Å². The normalized spacial score (nSPS) is 21.3. The lowest BCUT2D eigenvalue weighted by Crippen LogP contribution is -2.32. The first kappa shape index (κ1) is 22.7. The van der Waals surface area contributed by atoms with Gasteiger partial charge in [0.05, 0.1) is 19.0 Å². The molecule has 5 heteroatoms. The lowest BCUT2D eigenvalue weighted by molar-refractivity contribution is -0.0269. The van der Waals surface area contributed by atoms with Gasteiger partial charge in [0, 0.05) is 29.0 Å². The fraction of sp³-hybridized carbons (Fsp3) is 0.625. The van der Waals surface area contributed by atoms with E-state index in [9.17, 15) is 0 Å². The summed E-state index contributed by atoms with van der Waals surface area (Å²) in [6.45, 7) is 8.66. The fourth-order valence-corrected chi connectivity index (χ4v) is 5.00. The molecular formula is C24H34Cl2N2O. The summed E-state index contributed by atoms with van der Waals surface area (Å²) >= 11 is 12.4. The van der Waals surface area contributed by atoms with Gasteiger partial charge in [0.1, 0.15) is 0 Å². The third-order valence-corrected chi connectivity index (χ3v) is 7.04. The van der Waals surface area contributed by atoms with Crippen LogP contribution in [-0.4, -0.2) is 15.7 Å². The maximum Gasteiger partial charge on any atom is 0.0945 e. The van der Waals surface area contributed by atoms with E-state index in [4.69, 9.17) is 27.9 Å². The Hall–Kier alpha value is -1.03. The summed E-state index contributed by atoms with van der Waals surface area (Å²) in [5.41, 5.74) is 1.42. The SMILES string of the molecule is CC(C)(C)C1CCC(C(CCCn2ccnc2)OCc2ccc(Cl)cc2Cl)CC1. The minimum atomic E-state index is 0.270. The highest BCUT2D eigenvalue weighted by Gasteiger charge is 2.33. The van der Waals surface area contributed by atoms with Gasteiger partial charge < -0.3 is 9.30 Å². The zero-order valence-corrected chi connectivity index (χ0v) is 19.4. The van der Waals surface area contributed by atoms with Gasteiger partial charge >= 0.3 is 0 Å². The molecule has 0 bridgehead atoms. The molecule has 1 fully saturated rings. The predicted octanol–water partition coefficient (Wildman–Crippen LogP) is 7.41. The van der Waals surface area contributed by atoms with E-state index >= 15 is 0 Å². The van der Waals surface area contributed by atoms with Gasteiger partial charge in [0.2, 0.25) is 0 Å². The molecule has 1 saturated carbocycles. The van der Waals surface area contributed by atoms with Crippen LogP contribution in [0.25, 0.3) is 0 Å². The van der Waals surface area contributed by atoms with Crippen LogP contribution in [0.4, 0.5) is 0 Å². The highest BCUT2D eigenvalue weighted by Crippen LogP contribution is 2.42. The monoisotopic (exact) mass is 436 g/mol. The number of aryl methyl sites for hydroxylation is 1. The molecule has 0 radical (unpaired) electrons. The van der Waals surface area contributed by atoms with Crippen molar-refractivity contribution < 1.29 is 4.74 Å². The van der Waals surface area contributed by atoms with E-state index in [1.807, 2.05) is 30.9 Å². The van der Waals surface area contributed by atoms with Crippen LogP contribution in [0.1, 0.15) is 64.9 Å². The standard InChI is InChI=1S/C24H34Cl2N2O/c1-24(2,3)20-9-6-18(7-10-20)23(5-4-13-28-14-12-27-17-28)29-16-19-8-11-21(25)15-22(19)26/h8,11-12,14-15,17-18,20,23H,4-7,9-10,13,16H2,1-3H3. The predicted molar refractivity (Wildman–Crippen MR) is 121 cm³/mol. The molecule has 0 N–H and O–H groups in total. The van der Waals surface area contributed by atoms with Gasteiger partial charge in [0.25, 0.3) is 0 Å². The molecule has 3 rings (SSSR count). The van der Waals surface area contributed by atoms with Crippen molar-refractivity contribution in [2.24, 2.45) is 17.3 Å². The second kappa shape index (κ2) is 10.3. The number of benzene rings is 1. The molecule has 1 aromatic carbocycles. The van der Waals surface area contributed by atoms with Crippen molar-refractivity contribution in [1.82, 2.24) is 9.55 Å². The highest BCUT2D eigenvalue weighted by molar-refractivity contribution is 6.35. The third kappa shape index (κ3) is 6.73. The summed E-state index contributed by atoms with van der Waals surface area (Å²) in [5.74, 6) is 1.44. The number of rotatable bonds is 8. The summed E-state index contributed by atoms with van der Waals surface area (Å²) in [4.78, 5) is 4.14. The van der Waals surface area contributed by atoms with Crippen LogP contribution in [0.15, 0.2) is 36.9 Å². The van der Waals surface area contributed by atoms with Crippen molar-refractivity contribution in [1.29, 1.82) is 0 Å². The Labute approximate surface area is 185 Å². The smallest absolute Gasteiger partial charge is 0.0945 e. The Morgan fingerprint density at radius 3 is 2.55 bits per heavy atom. The molecule has 1 aliphatic rings. The van der Waals surface area contributed by atoms with E-state index in [0.29, 0.717) is 28.0 Å². The van der Waals surface area contributed by atoms with Crippen molar-refractivity contribution in [3.63, 3.8) is 0 Å². The maximum atomic E-state index is 6.48. The summed E-state index contributed by atoms with van der Waals surface area (Å²) in [6, 6.07) is 5.66. The molecule has 2 aromatic rings. The van der Waals surface area contributed by atoms with Crippen molar-refractivity contribution in [3.8, 4) is 0 Å². The average molecular weight is 437 g/mol. The van der Waals surface area contributed by atoms with Crippen LogP contribution >= 0.6 is 23.2 Å². The number of imidazole rings is 1. The van der Waals surface area contributed by atoms with Gasteiger partial charge in [-0.15, -0.1) is 0 Å². The number of hydrogen-bond acceptors (Lipinski definition) is 2. The van der Waals surface area contributed by atoms with Crippen molar-refractivity contribution in [3.05, 3.63) is 52.5 Å². The van der Waals surface area contributed by atoms with Crippen LogP contribution in [0.3, 0.4) is 0 Å². The topological polar surface area (TPSA) is 27.1 Å². The van der Waals surface area contributed by atoms with E-state index in [-0.39, 0.29) is 6.10 Å². The number of nitrogens with zero attached hydrogens (tertiary/aromatic N) is 2. The molecule has 1 heterocycles. The Kier molecular flexibility index (Phi) is 8.07. The van der Waals surface area contributed by atoms with Gasteiger partial charge in [-0.2, -0.15) is 0 Å². The Balaban J connectivity index is 1.59. The largest absolute Gasteiger partial charge is 0.373 e. The second-order valence-electron chi connectivity index (χ2n) is 9.51.